The lowest BCUT2D eigenvalue weighted by molar-refractivity contribution is 0.000223. The molecular formula is C24H27N6O4PS. The quantitative estimate of drug-likeness (QED) is 0.221. The van der Waals surface area contributed by atoms with Crippen LogP contribution in [0.25, 0.3) is 0 Å². The zero-order chi connectivity index (χ0) is 26.5. The second-order valence-electron chi connectivity index (χ2n) is 8.02. The van der Waals surface area contributed by atoms with Gasteiger partial charge in [-0.25, -0.2) is 23.9 Å². The molecule has 36 heavy (non-hydrogen) atoms. The van der Waals surface area contributed by atoms with Crippen LogP contribution in [0.3, 0.4) is 0 Å². The highest BCUT2D eigenvalue weighted by atomic mass is 32.2. The second-order valence-corrected chi connectivity index (χ2v) is 10.6. The van der Waals surface area contributed by atoms with Gasteiger partial charge in [0.15, 0.2) is 0 Å². The molecule has 12 heteroatoms. The zero-order valence-corrected chi connectivity index (χ0v) is 22.2. The molecule has 1 unspecified atom stereocenters. The third kappa shape index (κ3) is 6.92. The maximum absolute atomic E-state index is 12.9. The summed E-state index contributed by atoms with van der Waals surface area (Å²) >= 11 is 0. The van der Waals surface area contributed by atoms with Gasteiger partial charge in [-0.1, -0.05) is 21.2 Å². The van der Waals surface area contributed by atoms with Gasteiger partial charge < -0.3 is 10.6 Å². The minimum atomic E-state index is -3.60. The molecule has 0 saturated carbocycles. The first-order valence-electron chi connectivity index (χ1n) is 10.7. The van der Waals surface area contributed by atoms with Gasteiger partial charge in [-0.05, 0) is 44.2 Å². The Balaban J connectivity index is 2.07. The van der Waals surface area contributed by atoms with Crippen molar-refractivity contribution in [2.45, 2.75) is 20.0 Å². The molecule has 0 fully saturated rings. The molecule has 1 amide bonds. The molecule has 1 atom stereocenters. The Bertz CT molecular complexity index is 1420. The molecule has 0 spiro atoms. The number of pyridine rings is 2. The summed E-state index contributed by atoms with van der Waals surface area (Å²) in [4.78, 5) is 26.8. The zero-order valence-electron chi connectivity index (χ0n) is 20.2. The largest absolute Gasteiger partial charge is 0.353 e. The topological polar surface area (TPSA) is 126 Å². The van der Waals surface area contributed by atoms with Crippen LogP contribution < -0.4 is 25.9 Å². The van der Waals surface area contributed by atoms with E-state index in [2.05, 4.69) is 41.2 Å². The standard InChI is InChI=1S/C24H27N6O4PS/c1-6-16-10-11-18(20(12-16)30(4)36(5,32)33)26-19-13-22(27-21-8-7-9-23(35)28-21)25-14-17(19)24(31)29-34-15(2)3/h1,7-15H,35H2,2-5H3,(H,29,31)(H2,25,26,27,28). The van der Waals surface area contributed by atoms with Gasteiger partial charge in [0.05, 0.1) is 40.4 Å². The summed E-state index contributed by atoms with van der Waals surface area (Å²) in [5.41, 5.74) is 4.85. The SMILES string of the molecule is C#Cc1ccc(Nc2cc(Nc3cccc(P)n3)ncc2C(=O)NOC(C)C)c(N(C)S(C)(=O)=O)c1. The highest BCUT2D eigenvalue weighted by Gasteiger charge is 2.20. The molecule has 3 rings (SSSR count). The van der Waals surface area contributed by atoms with Gasteiger partial charge >= 0.3 is 0 Å². The summed E-state index contributed by atoms with van der Waals surface area (Å²) in [7, 11) is 0.331. The summed E-state index contributed by atoms with van der Waals surface area (Å²) < 4.78 is 25.7. The van der Waals surface area contributed by atoms with Crippen LogP contribution in [-0.4, -0.2) is 43.7 Å². The second kappa shape index (κ2) is 11.4. The fraction of sp³-hybridized carbons (Fsp3) is 0.208. The van der Waals surface area contributed by atoms with E-state index in [0.29, 0.717) is 34.3 Å². The molecule has 0 aliphatic carbocycles. The van der Waals surface area contributed by atoms with Crippen molar-refractivity contribution in [2.24, 2.45) is 0 Å². The van der Waals surface area contributed by atoms with Crippen LogP contribution >= 0.6 is 9.24 Å². The molecule has 10 nitrogen and oxygen atoms in total. The van der Waals surface area contributed by atoms with Gasteiger partial charge in [-0.15, -0.1) is 6.42 Å². The lowest BCUT2D eigenvalue weighted by Gasteiger charge is -2.22. The monoisotopic (exact) mass is 526 g/mol. The summed E-state index contributed by atoms with van der Waals surface area (Å²) in [6.45, 7) is 3.55. The number of hydroxylamine groups is 1. The fourth-order valence-corrected chi connectivity index (χ4v) is 3.76. The van der Waals surface area contributed by atoms with Gasteiger partial charge in [0.1, 0.15) is 11.6 Å². The summed E-state index contributed by atoms with van der Waals surface area (Å²) in [5, 5.41) is 6.25. The molecule has 188 valence electrons. The van der Waals surface area contributed by atoms with E-state index in [0.717, 1.165) is 16.0 Å². The minimum absolute atomic E-state index is 0.169. The van der Waals surface area contributed by atoms with Crippen LogP contribution in [0.15, 0.2) is 48.7 Å². The number of anilines is 5. The molecule has 0 aliphatic rings. The molecule has 0 aliphatic heterocycles. The molecule has 0 saturated heterocycles. The average Bonchev–Trinajstić information content (AvgIpc) is 2.82. The van der Waals surface area contributed by atoms with E-state index in [1.54, 1.807) is 44.2 Å². The van der Waals surface area contributed by atoms with Crippen LogP contribution in [0.4, 0.5) is 28.7 Å². The number of nitrogens with one attached hydrogen (secondary N) is 3. The molecule has 2 aromatic heterocycles. The Morgan fingerprint density at radius 1 is 1.14 bits per heavy atom. The van der Waals surface area contributed by atoms with Gasteiger partial charge in [0.25, 0.3) is 5.91 Å². The third-order valence-corrected chi connectivity index (χ3v) is 6.35. The predicted molar refractivity (Wildman–Crippen MR) is 146 cm³/mol. The number of carbonyl (C=O) groups is 1. The van der Waals surface area contributed by atoms with E-state index in [9.17, 15) is 13.2 Å². The van der Waals surface area contributed by atoms with Crippen molar-refractivity contribution in [1.29, 1.82) is 0 Å². The smallest absolute Gasteiger partial charge is 0.278 e. The maximum atomic E-state index is 12.9. The number of nitrogens with zero attached hydrogens (tertiary/aromatic N) is 3. The fourth-order valence-electron chi connectivity index (χ4n) is 3.00. The van der Waals surface area contributed by atoms with Gasteiger partial charge in [-0.3, -0.25) is 13.9 Å². The number of sulfonamides is 1. The number of aromatic nitrogens is 2. The molecular weight excluding hydrogens is 499 g/mol. The van der Waals surface area contributed by atoms with Crippen molar-refractivity contribution >= 4 is 59.3 Å². The van der Waals surface area contributed by atoms with Crippen molar-refractivity contribution in [1.82, 2.24) is 15.4 Å². The minimum Gasteiger partial charge on any atom is -0.353 e. The van der Waals surface area contributed by atoms with E-state index in [-0.39, 0.29) is 11.7 Å². The molecule has 0 radical (unpaired) electrons. The molecule has 0 bridgehead atoms. The molecule has 3 aromatic rings. The number of hydrogen-bond acceptors (Lipinski definition) is 8. The highest BCUT2D eigenvalue weighted by molar-refractivity contribution is 7.92. The number of amides is 1. The maximum Gasteiger partial charge on any atom is 0.278 e. The number of rotatable bonds is 9. The van der Waals surface area contributed by atoms with Crippen molar-refractivity contribution in [3.63, 3.8) is 0 Å². The van der Waals surface area contributed by atoms with E-state index in [1.165, 1.54) is 13.2 Å². The Morgan fingerprint density at radius 3 is 2.53 bits per heavy atom. The van der Waals surface area contributed by atoms with E-state index in [4.69, 9.17) is 11.3 Å². The van der Waals surface area contributed by atoms with Crippen molar-refractivity contribution in [3.05, 3.63) is 59.8 Å². The Morgan fingerprint density at radius 2 is 1.89 bits per heavy atom. The third-order valence-electron chi connectivity index (χ3n) is 4.83. The van der Waals surface area contributed by atoms with Gasteiger partial charge in [0, 0.05) is 24.9 Å². The molecule has 3 N–H and O–H groups in total. The summed E-state index contributed by atoms with van der Waals surface area (Å²) in [5.74, 6) is 2.93. The van der Waals surface area contributed by atoms with Crippen LogP contribution in [0.2, 0.25) is 0 Å². The van der Waals surface area contributed by atoms with Crippen LogP contribution in [0, 0.1) is 12.3 Å². The van der Waals surface area contributed by atoms with Crippen LogP contribution in [-0.2, 0) is 14.9 Å². The van der Waals surface area contributed by atoms with Crippen molar-refractivity contribution < 1.29 is 18.0 Å². The van der Waals surface area contributed by atoms with Crippen molar-refractivity contribution in [2.75, 3.05) is 28.2 Å². The van der Waals surface area contributed by atoms with Crippen molar-refractivity contribution in [3.8, 4) is 12.3 Å². The number of carbonyl (C=O) groups excluding carboxylic acids is 1. The Kier molecular flexibility index (Phi) is 8.48. The predicted octanol–water partition coefficient (Wildman–Crippen LogP) is 2.91. The lowest BCUT2D eigenvalue weighted by atomic mass is 10.1. The first-order chi connectivity index (χ1) is 17.0. The lowest BCUT2D eigenvalue weighted by Crippen LogP contribution is -2.28. The van der Waals surface area contributed by atoms with Gasteiger partial charge in [0.2, 0.25) is 10.0 Å². The average molecular weight is 527 g/mol. The molecule has 2 heterocycles. The summed E-state index contributed by atoms with van der Waals surface area (Å²) in [6, 6.07) is 11.9. The Labute approximate surface area is 213 Å². The van der Waals surface area contributed by atoms with Crippen LogP contribution in [0.1, 0.15) is 29.8 Å². The molecule has 1 aromatic carbocycles. The number of hydrogen-bond donors (Lipinski definition) is 3. The number of benzene rings is 1. The highest BCUT2D eigenvalue weighted by Crippen LogP contribution is 2.33. The summed E-state index contributed by atoms with van der Waals surface area (Å²) in [6.07, 6.45) is 7.75. The number of terminal acetylenes is 1. The normalized spacial score (nSPS) is 11.0. The Hall–Kier alpha value is -3.71. The first-order valence-corrected chi connectivity index (χ1v) is 13.2. The first kappa shape index (κ1) is 26.9. The van der Waals surface area contributed by atoms with E-state index < -0.39 is 15.9 Å². The van der Waals surface area contributed by atoms with Gasteiger partial charge in [-0.2, -0.15) is 0 Å². The van der Waals surface area contributed by atoms with Crippen LogP contribution in [0.5, 0.6) is 0 Å². The van der Waals surface area contributed by atoms with E-state index >= 15 is 0 Å². The van der Waals surface area contributed by atoms with E-state index in [1.807, 2.05) is 12.1 Å².